The molecule has 0 aliphatic heterocycles. The van der Waals surface area contributed by atoms with Gasteiger partial charge in [0.2, 0.25) is 0 Å². The van der Waals surface area contributed by atoms with E-state index in [2.05, 4.69) is 0 Å². The van der Waals surface area contributed by atoms with E-state index < -0.39 is 10.3 Å². The molecule has 0 unspecified atom stereocenters. The molecule has 0 aromatic heterocycles. The van der Waals surface area contributed by atoms with Crippen LogP contribution in [0, 0.1) is 11.3 Å². The summed E-state index contributed by atoms with van der Waals surface area (Å²) in [4.78, 5) is 9.00. The number of nitrogens with zero attached hydrogens (tertiary/aromatic N) is 1. The molecule has 17 heavy (non-hydrogen) atoms. The van der Waals surface area contributed by atoms with Crippen molar-refractivity contribution in [2.24, 2.45) is 0 Å². The fourth-order valence-electron chi connectivity index (χ4n) is 0.385. The maximum atomic E-state index is 9.00. The van der Waals surface area contributed by atoms with Gasteiger partial charge in [-0.25, -0.2) is 0 Å². The number of carboxylic acids is 1. The highest BCUT2D eigenvalue weighted by atomic mass is 35.6. The zero-order valence-electron chi connectivity index (χ0n) is 9.48. The Morgan fingerprint density at radius 2 is 1.18 bits per heavy atom. The number of carboxylic acid groups (broad SMARTS) is 1. The molecule has 0 saturated carbocycles. The minimum atomic E-state index is -0.833. The van der Waals surface area contributed by atoms with Crippen molar-refractivity contribution in [1.29, 1.82) is 5.26 Å². The van der Waals surface area contributed by atoms with Gasteiger partial charge in [0.25, 0.3) is 5.97 Å². The second kappa shape index (κ2) is 20.5. The standard InChI is InChI=1S/C6H6.C2H3N.C2H4O2.CHCl3/c1-2-4-6-5-3-1;1-2-3;1-2(3)4;2-1(3)4/h1-6H;1H3;1H3,(H,3,4);1H. The van der Waals surface area contributed by atoms with Gasteiger partial charge in [0.05, 0.1) is 6.07 Å². The summed E-state index contributed by atoms with van der Waals surface area (Å²) in [5.74, 6) is -0.833. The number of benzene rings is 1. The van der Waals surface area contributed by atoms with Gasteiger partial charge in [0, 0.05) is 13.8 Å². The van der Waals surface area contributed by atoms with Crippen LogP contribution in [0.5, 0.6) is 0 Å². The van der Waals surface area contributed by atoms with Gasteiger partial charge >= 0.3 is 0 Å². The van der Waals surface area contributed by atoms with E-state index in [4.69, 9.17) is 50.0 Å². The third-order valence-electron chi connectivity index (χ3n) is 0.667. The first-order valence-electron chi connectivity index (χ1n) is 4.31. The summed E-state index contributed by atoms with van der Waals surface area (Å²) in [5, 5.41) is 14.7. The fourth-order valence-corrected chi connectivity index (χ4v) is 0.385. The van der Waals surface area contributed by atoms with Gasteiger partial charge in [-0.05, 0) is 0 Å². The molecule has 0 fully saturated rings. The molecular formula is C11H14Cl3NO2. The van der Waals surface area contributed by atoms with Gasteiger partial charge in [-0.15, -0.1) is 0 Å². The van der Waals surface area contributed by atoms with Crippen LogP contribution < -0.4 is 0 Å². The molecule has 0 atom stereocenters. The van der Waals surface area contributed by atoms with Crippen LogP contribution in [0.1, 0.15) is 13.8 Å². The molecule has 0 aliphatic carbocycles. The molecule has 3 nitrogen and oxygen atoms in total. The molecule has 1 N–H and O–H groups in total. The largest absolute Gasteiger partial charge is 0.481 e. The van der Waals surface area contributed by atoms with Crippen molar-refractivity contribution in [3.8, 4) is 6.07 Å². The van der Waals surface area contributed by atoms with Crippen LogP contribution >= 0.6 is 34.8 Å². The second-order valence-electron chi connectivity index (χ2n) is 2.14. The van der Waals surface area contributed by atoms with Crippen LogP contribution in [0.2, 0.25) is 0 Å². The first-order chi connectivity index (χ1) is 7.88. The first-order valence-corrected chi connectivity index (χ1v) is 5.62. The van der Waals surface area contributed by atoms with E-state index in [1.165, 1.54) is 6.92 Å². The van der Waals surface area contributed by atoms with Gasteiger partial charge in [-0.3, -0.25) is 4.79 Å². The Morgan fingerprint density at radius 1 is 1.12 bits per heavy atom. The number of nitriles is 1. The summed E-state index contributed by atoms with van der Waals surface area (Å²) in [6, 6.07) is 13.8. The van der Waals surface area contributed by atoms with E-state index in [1.54, 1.807) is 6.07 Å². The summed E-state index contributed by atoms with van der Waals surface area (Å²) in [7, 11) is 0. The molecule has 96 valence electrons. The molecule has 0 saturated heterocycles. The molecule has 1 rings (SSSR count). The third kappa shape index (κ3) is 101. The number of hydrogen-bond acceptors (Lipinski definition) is 2. The zero-order valence-corrected chi connectivity index (χ0v) is 11.7. The van der Waals surface area contributed by atoms with Crippen molar-refractivity contribution in [2.75, 3.05) is 0 Å². The second-order valence-corrected chi connectivity index (χ2v) is 4.12. The predicted octanol–water partition coefficient (Wildman–Crippen LogP) is 4.29. The number of hydrogen-bond donors (Lipinski definition) is 1. The van der Waals surface area contributed by atoms with Crippen LogP contribution in [0.3, 0.4) is 0 Å². The summed E-state index contributed by atoms with van der Waals surface area (Å²) >= 11 is 14.4. The number of carbonyl (C=O) groups is 1. The van der Waals surface area contributed by atoms with Crippen LogP contribution in [-0.2, 0) is 4.79 Å². The molecule has 0 heterocycles. The summed E-state index contributed by atoms with van der Waals surface area (Å²) in [6.45, 7) is 2.51. The number of rotatable bonds is 0. The lowest BCUT2D eigenvalue weighted by molar-refractivity contribution is -0.134. The van der Waals surface area contributed by atoms with Gasteiger partial charge in [-0.1, -0.05) is 71.2 Å². The SMILES string of the molecule is CC#N.CC(=O)O.ClC(Cl)Cl.c1ccccc1. The van der Waals surface area contributed by atoms with E-state index in [0.717, 1.165) is 6.92 Å². The van der Waals surface area contributed by atoms with Gasteiger partial charge in [-0.2, -0.15) is 5.26 Å². The van der Waals surface area contributed by atoms with Crippen molar-refractivity contribution in [3.05, 3.63) is 36.4 Å². The maximum Gasteiger partial charge on any atom is 0.300 e. The Kier molecular flexibility index (Phi) is 25.7. The van der Waals surface area contributed by atoms with E-state index in [1.807, 2.05) is 36.4 Å². The lowest BCUT2D eigenvalue weighted by atomic mass is 10.4. The van der Waals surface area contributed by atoms with Gasteiger partial charge in [0.1, 0.15) is 0 Å². The van der Waals surface area contributed by atoms with Crippen LogP contribution in [0.4, 0.5) is 0 Å². The number of aliphatic carboxylic acids is 1. The number of halogens is 3. The molecular weight excluding hydrogens is 284 g/mol. The lowest BCUT2D eigenvalue weighted by Crippen LogP contribution is -1.78. The first kappa shape index (κ1) is 21.3. The topological polar surface area (TPSA) is 61.1 Å². The Balaban J connectivity index is -0.000000161. The predicted molar refractivity (Wildman–Crippen MR) is 72.4 cm³/mol. The zero-order chi connectivity index (χ0) is 14.1. The minimum absolute atomic E-state index is 0.750. The monoisotopic (exact) mass is 297 g/mol. The third-order valence-corrected chi connectivity index (χ3v) is 0.667. The van der Waals surface area contributed by atoms with Crippen molar-refractivity contribution < 1.29 is 9.90 Å². The lowest BCUT2D eigenvalue weighted by Gasteiger charge is -1.69. The maximum absolute atomic E-state index is 9.00. The molecule has 1 aromatic carbocycles. The average molecular weight is 299 g/mol. The molecule has 6 heteroatoms. The quantitative estimate of drug-likeness (QED) is 0.727. The Morgan fingerprint density at radius 3 is 1.24 bits per heavy atom. The van der Waals surface area contributed by atoms with Gasteiger partial charge in [0.15, 0.2) is 4.30 Å². The van der Waals surface area contributed by atoms with Gasteiger partial charge < -0.3 is 5.11 Å². The molecule has 0 aliphatic rings. The minimum Gasteiger partial charge on any atom is -0.481 e. The average Bonchev–Trinajstić information content (AvgIpc) is 2.19. The summed E-state index contributed by atoms with van der Waals surface area (Å²) in [6.07, 6.45) is 0. The van der Waals surface area contributed by atoms with Crippen LogP contribution in [0.25, 0.3) is 0 Å². The Bertz CT molecular complexity index is 253. The van der Waals surface area contributed by atoms with Crippen LogP contribution in [0.15, 0.2) is 36.4 Å². The normalized spacial score (nSPS) is 6.88. The molecule has 0 bridgehead atoms. The summed E-state index contributed by atoms with van der Waals surface area (Å²) < 4.78 is -0.750. The highest BCUT2D eigenvalue weighted by Gasteiger charge is 1.78. The van der Waals surface area contributed by atoms with E-state index in [0.29, 0.717) is 0 Å². The highest BCUT2D eigenvalue weighted by molar-refractivity contribution is 6.63. The smallest absolute Gasteiger partial charge is 0.300 e. The fraction of sp³-hybridized carbons (Fsp3) is 0.273. The van der Waals surface area contributed by atoms with Crippen molar-refractivity contribution in [1.82, 2.24) is 0 Å². The Labute approximate surface area is 117 Å². The molecule has 0 radical (unpaired) electrons. The van der Waals surface area contributed by atoms with E-state index in [-0.39, 0.29) is 0 Å². The number of alkyl halides is 3. The van der Waals surface area contributed by atoms with E-state index in [9.17, 15) is 0 Å². The molecule has 0 amide bonds. The molecule has 1 aromatic rings. The van der Waals surface area contributed by atoms with E-state index >= 15 is 0 Å². The summed E-state index contributed by atoms with van der Waals surface area (Å²) in [5.41, 5.74) is 0. The van der Waals surface area contributed by atoms with Crippen molar-refractivity contribution >= 4 is 40.8 Å². The van der Waals surface area contributed by atoms with Crippen molar-refractivity contribution in [2.45, 2.75) is 18.1 Å². The van der Waals surface area contributed by atoms with Crippen LogP contribution in [-0.4, -0.2) is 15.4 Å². The Hall–Kier alpha value is -0.950. The molecule has 0 spiro atoms. The van der Waals surface area contributed by atoms with Crippen molar-refractivity contribution in [3.63, 3.8) is 0 Å². The highest BCUT2D eigenvalue weighted by Crippen LogP contribution is 2.03.